The number of likely N-dealkylation sites (N-methyl/N-ethyl adjacent to an activating group) is 1. The van der Waals surface area contributed by atoms with Crippen LogP contribution >= 0.6 is 0 Å². The minimum atomic E-state index is -3.64. The number of fused-ring (bicyclic) bond motifs is 3. The molecule has 0 saturated carbocycles. The van der Waals surface area contributed by atoms with Gasteiger partial charge in [0.25, 0.3) is 0 Å². The largest absolute Gasteiger partial charge is 0.378 e. The van der Waals surface area contributed by atoms with Crippen molar-refractivity contribution in [2.45, 2.75) is 37.1 Å². The van der Waals surface area contributed by atoms with Crippen LogP contribution in [0.1, 0.15) is 26.3 Å². The van der Waals surface area contributed by atoms with Gasteiger partial charge >= 0.3 is 0 Å². The molecule has 0 radical (unpaired) electrons. The van der Waals surface area contributed by atoms with E-state index < -0.39 is 15.9 Å². The van der Waals surface area contributed by atoms with E-state index >= 15 is 0 Å². The Bertz CT molecular complexity index is 752. The summed E-state index contributed by atoms with van der Waals surface area (Å²) >= 11 is 0. The number of rotatable bonds is 2. The maximum atomic E-state index is 13.1. The lowest BCUT2D eigenvalue weighted by Crippen LogP contribution is -2.45. The van der Waals surface area contributed by atoms with E-state index in [0.29, 0.717) is 6.61 Å². The van der Waals surface area contributed by atoms with Crippen molar-refractivity contribution in [3.05, 3.63) is 29.8 Å². The Kier molecular flexibility index (Phi) is 4.68. The maximum Gasteiger partial charge on any atom is 0.243 e. The zero-order chi connectivity index (χ0) is 18.4. The second kappa shape index (κ2) is 6.37. The van der Waals surface area contributed by atoms with Crippen molar-refractivity contribution in [2.75, 3.05) is 33.4 Å². The van der Waals surface area contributed by atoms with E-state index in [9.17, 15) is 13.2 Å². The molecule has 2 heterocycles. The van der Waals surface area contributed by atoms with Gasteiger partial charge in [-0.1, -0.05) is 32.9 Å². The summed E-state index contributed by atoms with van der Waals surface area (Å²) in [6.45, 7) is 7.35. The molecule has 0 unspecified atom stereocenters. The highest BCUT2D eigenvalue weighted by Crippen LogP contribution is 2.27. The summed E-state index contributed by atoms with van der Waals surface area (Å²) in [6.07, 6.45) is 0. The van der Waals surface area contributed by atoms with Crippen LogP contribution in [-0.4, -0.2) is 62.9 Å². The third-order valence-corrected chi connectivity index (χ3v) is 6.92. The first-order valence-corrected chi connectivity index (χ1v) is 10.00. The number of ether oxygens (including phenoxy) is 1. The highest BCUT2D eigenvalue weighted by Gasteiger charge is 2.41. The third-order valence-electron chi connectivity index (χ3n) is 5.07. The van der Waals surface area contributed by atoms with Crippen LogP contribution in [0.3, 0.4) is 0 Å². The molecule has 138 valence electrons. The summed E-state index contributed by atoms with van der Waals surface area (Å²) in [6, 6.07) is 6.82. The second-order valence-electron chi connectivity index (χ2n) is 7.93. The van der Waals surface area contributed by atoms with Crippen LogP contribution in [0.4, 0.5) is 0 Å². The molecule has 2 aliphatic rings. The SMILES string of the molecule is CN1C(=O)[C@H]2COC[C@@H]1CN(S(=O)(=O)c1ccc(C(C)(C)C)cc1)C2. The lowest BCUT2D eigenvalue weighted by Gasteiger charge is -2.29. The summed E-state index contributed by atoms with van der Waals surface area (Å²) in [7, 11) is -1.91. The van der Waals surface area contributed by atoms with Crippen LogP contribution in [-0.2, 0) is 25.0 Å². The molecule has 0 aliphatic carbocycles. The Hall–Kier alpha value is -1.44. The molecule has 3 rings (SSSR count). The van der Waals surface area contributed by atoms with Gasteiger partial charge in [0, 0.05) is 20.1 Å². The van der Waals surface area contributed by atoms with Crippen molar-refractivity contribution in [3.8, 4) is 0 Å². The van der Waals surface area contributed by atoms with Crippen molar-refractivity contribution >= 4 is 15.9 Å². The number of hydrogen-bond acceptors (Lipinski definition) is 4. The van der Waals surface area contributed by atoms with Crippen LogP contribution in [0.2, 0.25) is 0 Å². The first kappa shape index (κ1) is 18.4. The molecule has 0 N–H and O–H groups in total. The maximum absolute atomic E-state index is 13.1. The van der Waals surface area contributed by atoms with Crippen molar-refractivity contribution in [2.24, 2.45) is 5.92 Å². The number of carbonyl (C=O) groups is 1. The summed E-state index contributed by atoms with van der Waals surface area (Å²) in [5.74, 6) is -0.482. The number of hydrogen-bond donors (Lipinski definition) is 0. The second-order valence-corrected chi connectivity index (χ2v) is 9.87. The number of amides is 1. The monoisotopic (exact) mass is 366 g/mol. The zero-order valence-electron chi connectivity index (χ0n) is 15.2. The van der Waals surface area contributed by atoms with E-state index in [0.717, 1.165) is 5.56 Å². The minimum absolute atomic E-state index is 0.0333. The van der Waals surface area contributed by atoms with Crippen LogP contribution in [0.15, 0.2) is 29.2 Å². The number of benzene rings is 1. The Morgan fingerprint density at radius 3 is 2.32 bits per heavy atom. The van der Waals surface area contributed by atoms with Crippen LogP contribution in [0, 0.1) is 5.92 Å². The Labute approximate surface area is 149 Å². The topological polar surface area (TPSA) is 66.9 Å². The lowest BCUT2D eigenvalue weighted by molar-refractivity contribution is -0.133. The van der Waals surface area contributed by atoms with Gasteiger partial charge in [-0.15, -0.1) is 0 Å². The number of sulfonamides is 1. The summed E-state index contributed by atoms with van der Waals surface area (Å²) < 4.78 is 33.2. The van der Waals surface area contributed by atoms with Gasteiger partial charge in [0.05, 0.1) is 30.1 Å². The predicted octanol–water partition coefficient (Wildman–Crippen LogP) is 1.46. The predicted molar refractivity (Wildman–Crippen MR) is 94.8 cm³/mol. The van der Waals surface area contributed by atoms with Gasteiger partial charge in [-0.3, -0.25) is 4.79 Å². The summed E-state index contributed by atoms with van der Waals surface area (Å²) in [4.78, 5) is 14.3. The summed E-state index contributed by atoms with van der Waals surface area (Å²) in [5.41, 5.74) is 1.05. The van der Waals surface area contributed by atoms with Crippen LogP contribution in [0.25, 0.3) is 0 Å². The van der Waals surface area contributed by atoms with Gasteiger partial charge in [0.1, 0.15) is 0 Å². The normalized spacial score (nSPS) is 25.8. The molecule has 25 heavy (non-hydrogen) atoms. The molecule has 2 fully saturated rings. The molecule has 0 aromatic heterocycles. The highest BCUT2D eigenvalue weighted by atomic mass is 32.2. The first-order valence-electron chi connectivity index (χ1n) is 8.56. The average molecular weight is 366 g/mol. The van der Waals surface area contributed by atoms with E-state index in [1.807, 2.05) is 12.1 Å². The van der Waals surface area contributed by atoms with E-state index in [1.165, 1.54) is 4.31 Å². The van der Waals surface area contributed by atoms with Crippen molar-refractivity contribution in [3.63, 3.8) is 0 Å². The van der Waals surface area contributed by atoms with Crippen LogP contribution in [0.5, 0.6) is 0 Å². The molecule has 2 atom stereocenters. The molecular formula is C18H26N2O4S. The molecule has 1 aromatic rings. The van der Waals surface area contributed by atoms with Gasteiger partial charge in [0.2, 0.25) is 15.9 Å². The fourth-order valence-corrected chi connectivity index (χ4v) is 4.85. The molecule has 2 bridgehead atoms. The third kappa shape index (κ3) is 3.45. The fourth-order valence-electron chi connectivity index (χ4n) is 3.33. The van der Waals surface area contributed by atoms with Crippen molar-refractivity contribution < 1.29 is 17.9 Å². The molecule has 2 aliphatic heterocycles. The van der Waals surface area contributed by atoms with E-state index in [1.54, 1.807) is 24.1 Å². The van der Waals surface area contributed by atoms with Gasteiger partial charge < -0.3 is 9.64 Å². The number of nitrogens with zero attached hydrogens (tertiary/aromatic N) is 2. The Morgan fingerprint density at radius 1 is 1.08 bits per heavy atom. The van der Waals surface area contributed by atoms with Gasteiger partial charge in [-0.2, -0.15) is 4.31 Å². The smallest absolute Gasteiger partial charge is 0.243 e. The molecule has 1 amide bonds. The quantitative estimate of drug-likeness (QED) is 0.795. The van der Waals surface area contributed by atoms with Gasteiger partial charge in [-0.05, 0) is 23.1 Å². The van der Waals surface area contributed by atoms with Gasteiger partial charge in [-0.25, -0.2) is 8.42 Å². The van der Waals surface area contributed by atoms with Gasteiger partial charge in [0.15, 0.2) is 0 Å². The molecular weight excluding hydrogens is 340 g/mol. The average Bonchev–Trinajstić information content (AvgIpc) is 2.72. The summed E-state index contributed by atoms with van der Waals surface area (Å²) in [5, 5.41) is 0. The Morgan fingerprint density at radius 2 is 1.72 bits per heavy atom. The Balaban J connectivity index is 1.91. The van der Waals surface area contributed by atoms with Crippen LogP contribution < -0.4 is 0 Å². The zero-order valence-corrected chi connectivity index (χ0v) is 16.0. The fraction of sp³-hybridized carbons (Fsp3) is 0.611. The lowest BCUT2D eigenvalue weighted by atomic mass is 9.87. The minimum Gasteiger partial charge on any atom is -0.378 e. The molecule has 2 saturated heterocycles. The standard InChI is InChI=1S/C18H26N2O4S/c1-18(2,3)14-5-7-16(8-6-14)25(22,23)20-9-13-11-24-12-15(10-20)19(4)17(13)21/h5-8,13,15H,9-12H2,1-4H3/t13-,15+/m1/s1. The molecule has 0 spiro atoms. The molecule has 1 aromatic carbocycles. The number of carbonyl (C=O) groups excluding carboxylic acids is 1. The van der Waals surface area contributed by atoms with Crippen molar-refractivity contribution in [1.82, 2.24) is 9.21 Å². The van der Waals surface area contributed by atoms with Crippen molar-refractivity contribution in [1.29, 1.82) is 0 Å². The van der Waals surface area contributed by atoms with E-state index in [-0.39, 0.29) is 42.0 Å². The first-order chi connectivity index (χ1) is 11.6. The van der Waals surface area contributed by atoms with E-state index in [4.69, 9.17) is 4.74 Å². The van der Waals surface area contributed by atoms with E-state index in [2.05, 4.69) is 20.8 Å². The molecule has 6 nitrogen and oxygen atoms in total. The highest BCUT2D eigenvalue weighted by molar-refractivity contribution is 7.89. The molecule has 7 heteroatoms.